The van der Waals surface area contributed by atoms with Crippen molar-refractivity contribution in [3.63, 3.8) is 0 Å². The van der Waals surface area contributed by atoms with Gasteiger partial charge < -0.3 is 5.32 Å². The summed E-state index contributed by atoms with van der Waals surface area (Å²) >= 11 is 12.4. The average Bonchev–Trinajstić information content (AvgIpc) is 2.73. The molecule has 0 heterocycles. The normalized spacial score (nSPS) is 11.2. The molecule has 0 atom stereocenters. The summed E-state index contributed by atoms with van der Waals surface area (Å²) < 4.78 is 27.6. The Morgan fingerprint density at radius 3 is 2.37 bits per heavy atom. The molecule has 0 radical (unpaired) electrons. The van der Waals surface area contributed by atoms with Gasteiger partial charge in [0.15, 0.2) is 0 Å². The van der Waals surface area contributed by atoms with Crippen LogP contribution >= 0.6 is 23.2 Å². The SMILES string of the molecule is Cc1cccc(CNC(=O)CN(c2cccc(Cl)c2Cl)S(=O)(=O)c2ccccc2)c1. The number of hydrogen-bond donors (Lipinski definition) is 1. The van der Waals surface area contributed by atoms with Crippen LogP contribution in [0.4, 0.5) is 5.69 Å². The fraction of sp³-hybridized carbons (Fsp3) is 0.136. The molecule has 0 bridgehead atoms. The molecule has 1 N–H and O–H groups in total. The highest BCUT2D eigenvalue weighted by Gasteiger charge is 2.29. The second-order valence-electron chi connectivity index (χ2n) is 6.66. The van der Waals surface area contributed by atoms with E-state index in [9.17, 15) is 13.2 Å². The van der Waals surface area contributed by atoms with Crippen LogP contribution in [-0.4, -0.2) is 20.9 Å². The van der Waals surface area contributed by atoms with Crippen molar-refractivity contribution in [3.8, 4) is 0 Å². The predicted octanol–water partition coefficient (Wildman–Crippen LogP) is 4.81. The third kappa shape index (κ3) is 5.14. The lowest BCUT2D eigenvalue weighted by Gasteiger charge is -2.25. The Labute approximate surface area is 186 Å². The predicted molar refractivity (Wildman–Crippen MR) is 120 cm³/mol. The van der Waals surface area contributed by atoms with Crippen LogP contribution in [0, 0.1) is 6.92 Å². The summed E-state index contributed by atoms with van der Waals surface area (Å²) in [6.07, 6.45) is 0. The van der Waals surface area contributed by atoms with Gasteiger partial charge >= 0.3 is 0 Å². The number of rotatable bonds is 7. The van der Waals surface area contributed by atoms with E-state index in [1.165, 1.54) is 18.2 Å². The summed E-state index contributed by atoms with van der Waals surface area (Å²) in [5.74, 6) is -0.466. The van der Waals surface area contributed by atoms with E-state index in [0.717, 1.165) is 15.4 Å². The van der Waals surface area contributed by atoms with Crippen molar-refractivity contribution >= 4 is 44.8 Å². The first-order valence-electron chi connectivity index (χ1n) is 9.13. The van der Waals surface area contributed by atoms with E-state index in [2.05, 4.69) is 5.32 Å². The lowest BCUT2D eigenvalue weighted by Crippen LogP contribution is -2.40. The van der Waals surface area contributed by atoms with Gasteiger partial charge in [-0.15, -0.1) is 0 Å². The van der Waals surface area contributed by atoms with Gasteiger partial charge in [0.05, 0.1) is 20.6 Å². The molecule has 0 saturated heterocycles. The number of hydrogen-bond acceptors (Lipinski definition) is 3. The Morgan fingerprint density at radius 2 is 1.67 bits per heavy atom. The zero-order valence-electron chi connectivity index (χ0n) is 16.2. The number of amides is 1. The first-order valence-corrected chi connectivity index (χ1v) is 11.3. The fourth-order valence-electron chi connectivity index (χ4n) is 2.91. The number of nitrogens with zero attached hydrogens (tertiary/aromatic N) is 1. The molecule has 3 rings (SSSR count). The van der Waals surface area contributed by atoms with Gasteiger partial charge in [0.1, 0.15) is 6.54 Å². The monoisotopic (exact) mass is 462 g/mol. The van der Waals surface area contributed by atoms with Crippen LogP contribution in [0.25, 0.3) is 0 Å². The maximum Gasteiger partial charge on any atom is 0.264 e. The maximum absolute atomic E-state index is 13.3. The molecule has 0 fully saturated rings. The van der Waals surface area contributed by atoms with Crippen molar-refractivity contribution in [1.29, 1.82) is 0 Å². The van der Waals surface area contributed by atoms with E-state index in [0.29, 0.717) is 0 Å². The molecule has 0 aromatic heterocycles. The van der Waals surface area contributed by atoms with E-state index < -0.39 is 22.5 Å². The van der Waals surface area contributed by atoms with Gasteiger partial charge in [0, 0.05) is 6.54 Å². The second-order valence-corrected chi connectivity index (χ2v) is 9.31. The average molecular weight is 463 g/mol. The van der Waals surface area contributed by atoms with Crippen molar-refractivity contribution < 1.29 is 13.2 Å². The maximum atomic E-state index is 13.3. The van der Waals surface area contributed by atoms with Gasteiger partial charge in [0.2, 0.25) is 5.91 Å². The molecule has 1 amide bonds. The summed E-state index contributed by atoms with van der Waals surface area (Å²) in [6, 6.07) is 20.2. The molecule has 5 nitrogen and oxygen atoms in total. The first-order chi connectivity index (χ1) is 14.3. The number of sulfonamides is 1. The van der Waals surface area contributed by atoms with Crippen LogP contribution in [-0.2, 0) is 21.4 Å². The molecule has 0 spiro atoms. The number of halogens is 2. The molecule has 0 aliphatic rings. The topological polar surface area (TPSA) is 66.5 Å². The number of carbonyl (C=O) groups excluding carboxylic acids is 1. The summed E-state index contributed by atoms with van der Waals surface area (Å²) in [6.45, 7) is 1.80. The minimum absolute atomic E-state index is 0.0486. The number of aryl methyl sites for hydroxylation is 1. The van der Waals surface area contributed by atoms with Gasteiger partial charge in [-0.1, -0.05) is 77.3 Å². The summed E-state index contributed by atoms with van der Waals surface area (Å²) in [7, 11) is -4.05. The zero-order valence-corrected chi connectivity index (χ0v) is 18.5. The lowest BCUT2D eigenvalue weighted by molar-refractivity contribution is -0.119. The fourth-order valence-corrected chi connectivity index (χ4v) is 4.81. The molecule has 0 aliphatic heterocycles. The molecule has 156 valence electrons. The van der Waals surface area contributed by atoms with Gasteiger partial charge in [0.25, 0.3) is 10.0 Å². The van der Waals surface area contributed by atoms with Gasteiger partial charge in [-0.3, -0.25) is 9.10 Å². The molecule has 3 aromatic carbocycles. The Bertz CT molecular complexity index is 1150. The molecule has 3 aromatic rings. The van der Waals surface area contributed by atoms with Crippen LogP contribution in [0.5, 0.6) is 0 Å². The first kappa shape index (κ1) is 22.2. The van der Waals surface area contributed by atoms with Crippen LogP contribution in [0.1, 0.15) is 11.1 Å². The van der Waals surface area contributed by atoms with E-state index in [4.69, 9.17) is 23.2 Å². The molecular weight excluding hydrogens is 443 g/mol. The number of carbonyl (C=O) groups is 1. The number of anilines is 1. The highest BCUT2D eigenvalue weighted by atomic mass is 35.5. The van der Waals surface area contributed by atoms with E-state index in [1.807, 2.05) is 31.2 Å². The summed E-state index contributed by atoms with van der Waals surface area (Å²) in [5.41, 5.74) is 2.13. The third-order valence-electron chi connectivity index (χ3n) is 4.39. The smallest absolute Gasteiger partial charge is 0.264 e. The van der Waals surface area contributed by atoms with Crippen molar-refractivity contribution in [2.24, 2.45) is 0 Å². The van der Waals surface area contributed by atoms with E-state index in [-0.39, 0.29) is 27.2 Å². The molecule has 8 heteroatoms. The lowest BCUT2D eigenvalue weighted by atomic mass is 10.1. The summed E-state index contributed by atoms with van der Waals surface area (Å²) in [5, 5.41) is 3.02. The molecule has 0 unspecified atom stereocenters. The molecule has 0 saturated carbocycles. The van der Waals surface area contributed by atoms with E-state index >= 15 is 0 Å². The van der Waals surface area contributed by atoms with Gasteiger partial charge in [-0.05, 0) is 36.8 Å². The highest BCUT2D eigenvalue weighted by Crippen LogP contribution is 2.35. The Kier molecular flexibility index (Phi) is 7.02. The minimum atomic E-state index is -4.05. The minimum Gasteiger partial charge on any atom is -0.350 e. The zero-order chi connectivity index (χ0) is 21.7. The number of nitrogens with one attached hydrogen (secondary N) is 1. The van der Waals surface area contributed by atoms with Crippen molar-refractivity contribution in [2.45, 2.75) is 18.4 Å². The molecule has 30 heavy (non-hydrogen) atoms. The van der Waals surface area contributed by atoms with E-state index in [1.54, 1.807) is 30.3 Å². The molecule has 0 aliphatic carbocycles. The number of benzene rings is 3. The third-order valence-corrected chi connectivity index (χ3v) is 6.97. The van der Waals surface area contributed by atoms with Crippen LogP contribution in [0.15, 0.2) is 77.7 Å². The standard InChI is InChI=1S/C22H20Cl2N2O3S/c1-16-7-5-8-17(13-16)14-25-21(27)15-26(20-12-6-11-19(23)22(20)24)30(28,29)18-9-3-2-4-10-18/h2-13H,14-15H2,1H3,(H,25,27). The molecular formula is C22H20Cl2N2O3S. The second kappa shape index (κ2) is 9.51. The van der Waals surface area contributed by atoms with Crippen LogP contribution in [0.2, 0.25) is 10.0 Å². The highest BCUT2D eigenvalue weighted by molar-refractivity contribution is 7.92. The van der Waals surface area contributed by atoms with Crippen LogP contribution in [0.3, 0.4) is 0 Å². The Hall–Kier alpha value is -2.54. The van der Waals surface area contributed by atoms with Crippen LogP contribution < -0.4 is 9.62 Å². The van der Waals surface area contributed by atoms with Crippen molar-refractivity contribution in [2.75, 3.05) is 10.8 Å². The summed E-state index contributed by atoms with van der Waals surface area (Å²) in [4.78, 5) is 12.7. The quantitative estimate of drug-likeness (QED) is 0.547. The Balaban J connectivity index is 1.90. The van der Waals surface area contributed by atoms with Gasteiger partial charge in [-0.2, -0.15) is 0 Å². The largest absolute Gasteiger partial charge is 0.350 e. The van der Waals surface area contributed by atoms with Crippen molar-refractivity contribution in [3.05, 3.63) is 94.0 Å². The Morgan fingerprint density at radius 1 is 0.967 bits per heavy atom. The van der Waals surface area contributed by atoms with Gasteiger partial charge in [-0.25, -0.2) is 8.42 Å². The van der Waals surface area contributed by atoms with Crippen molar-refractivity contribution in [1.82, 2.24) is 5.32 Å².